The summed E-state index contributed by atoms with van der Waals surface area (Å²) >= 11 is 1.39. The fraction of sp³-hybridized carbons (Fsp3) is 0.200. The minimum absolute atomic E-state index is 0.0799. The molecule has 0 atom stereocenters. The molecule has 3 aromatic rings. The Morgan fingerprint density at radius 2 is 1.88 bits per heavy atom. The first-order valence-corrected chi connectivity index (χ1v) is 9.41. The maximum atomic E-state index is 12.5. The third-order valence-corrected chi connectivity index (χ3v) is 4.95. The molecule has 1 aromatic carbocycles. The van der Waals surface area contributed by atoms with Crippen LogP contribution in [-0.2, 0) is 13.0 Å². The maximum absolute atomic E-state index is 12.5. The second-order valence-electron chi connectivity index (χ2n) is 5.70. The fourth-order valence-electron chi connectivity index (χ4n) is 2.54. The molecule has 0 radical (unpaired) electrons. The summed E-state index contributed by atoms with van der Waals surface area (Å²) in [4.78, 5) is 16.5. The highest BCUT2D eigenvalue weighted by atomic mass is 32.2. The van der Waals surface area contributed by atoms with Crippen LogP contribution in [0, 0.1) is 0 Å². The zero-order valence-electron chi connectivity index (χ0n) is 14.6. The summed E-state index contributed by atoms with van der Waals surface area (Å²) in [6.07, 6.45) is 6.20. The molecule has 2 heterocycles. The van der Waals surface area contributed by atoms with Crippen LogP contribution in [0.25, 0.3) is 11.4 Å². The summed E-state index contributed by atoms with van der Waals surface area (Å²) in [5.41, 5.74) is 2.88. The molecule has 5 nitrogen and oxygen atoms in total. The van der Waals surface area contributed by atoms with Gasteiger partial charge in [-0.3, -0.25) is 14.3 Å². The summed E-state index contributed by atoms with van der Waals surface area (Å²) in [6, 6.07) is 11.5. The van der Waals surface area contributed by atoms with Crippen LogP contribution in [-0.4, -0.2) is 31.3 Å². The molecule has 0 aliphatic carbocycles. The molecule has 0 fully saturated rings. The van der Waals surface area contributed by atoms with E-state index < -0.39 is 0 Å². The van der Waals surface area contributed by atoms with Gasteiger partial charge in [0.2, 0.25) is 0 Å². The van der Waals surface area contributed by atoms with Crippen molar-refractivity contribution in [3.8, 4) is 11.4 Å². The maximum Gasteiger partial charge on any atom is 0.192 e. The third-order valence-electron chi connectivity index (χ3n) is 3.98. The van der Waals surface area contributed by atoms with Crippen LogP contribution in [0.3, 0.4) is 0 Å². The van der Waals surface area contributed by atoms with Gasteiger partial charge in [0.15, 0.2) is 16.8 Å². The first-order valence-electron chi connectivity index (χ1n) is 8.42. The largest absolute Gasteiger partial charge is 0.298 e. The number of nitrogens with zero attached hydrogens (tertiary/aromatic N) is 4. The average Bonchev–Trinajstić information content (AvgIpc) is 3.10. The topological polar surface area (TPSA) is 60.7 Å². The van der Waals surface area contributed by atoms with Gasteiger partial charge in [-0.05, 0) is 24.1 Å². The number of allylic oxidation sites excluding steroid dienone is 1. The minimum atomic E-state index is 0.0799. The predicted molar refractivity (Wildman–Crippen MR) is 104 cm³/mol. The molecule has 132 valence electrons. The van der Waals surface area contributed by atoms with Crippen molar-refractivity contribution < 1.29 is 4.79 Å². The highest BCUT2D eigenvalue weighted by molar-refractivity contribution is 7.99. The average molecular weight is 364 g/mol. The van der Waals surface area contributed by atoms with Gasteiger partial charge in [-0.25, -0.2) is 0 Å². The third kappa shape index (κ3) is 4.08. The number of rotatable bonds is 8. The smallest absolute Gasteiger partial charge is 0.192 e. The number of aromatic nitrogens is 4. The Morgan fingerprint density at radius 1 is 1.15 bits per heavy atom. The van der Waals surface area contributed by atoms with Gasteiger partial charge >= 0.3 is 0 Å². The summed E-state index contributed by atoms with van der Waals surface area (Å²) in [5.74, 6) is 1.14. The Morgan fingerprint density at radius 3 is 2.54 bits per heavy atom. The van der Waals surface area contributed by atoms with Crippen molar-refractivity contribution in [2.75, 3.05) is 5.75 Å². The van der Waals surface area contributed by atoms with Gasteiger partial charge in [-0.15, -0.1) is 16.8 Å². The van der Waals surface area contributed by atoms with Crippen molar-refractivity contribution in [2.24, 2.45) is 0 Å². The Kier molecular flexibility index (Phi) is 5.96. The number of ketones is 1. The van der Waals surface area contributed by atoms with E-state index in [1.54, 1.807) is 18.5 Å². The number of carbonyl (C=O) groups excluding carboxylic acids is 1. The standard InChI is InChI=1S/C20H20N4OS/c1-3-13-24-19(17-9-11-21-12-10-17)22-23-20(24)26-14-18(25)16-7-5-15(4-2)6-8-16/h3,5-12H,1,4,13-14H2,2H3. The number of Topliss-reactive ketones (excluding diaryl/α,β-unsaturated/α-hetero) is 1. The molecule has 0 spiro atoms. The molecule has 6 heteroatoms. The van der Waals surface area contributed by atoms with E-state index in [1.807, 2.05) is 41.0 Å². The molecule has 26 heavy (non-hydrogen) atoms. The van der Waals surface area contributed by atoms with Crippen molar-refractivity contribution in [1.29, 1.82) is 0 Å². The normalized spacial score (nSPS) is 10.7. The van der Waals surface area contributed by atoms with Crippen LogP contribution < -0.4 is 0 Å². The van der Waals surface area contributed by atoms with Gasteiger partial charge in [-0.2, -0.15) is 0 Å². The lowest BCUT2D eigenvalue weighted by Gasteiger charge is -2.07. The first-order chi connectivity index (χ1) is 12.7. The summed E-state index contributed by atoms with van der Waals surface area (Å²) in [7, 11) is 0. The lowest BCUT2D eigenvalue weighted by Crippen LogP contribution is -2.05. The SMILES string of the molecule is C=CCn1c(SCC(=O)c2ccc(CC)cc2)nnc1-c1ccncc1. The quantitative estimate of drug-likeness (QED) is 0.343. The molecule has 0 saturated heterocycles. The summed E-state index contributed by atoms with van der Waals surface area (Å²) < 4.78 is 1.96. The van der Waals surface area contributed by atoms with Crippen molar-refractivity contribution in [3.05, 3.63) is 72.6 Å². The zero-order valence-corrected chi connectivity index (χ0v) is 15.4. The van der Waals surface area contributed by atoms with E-state index in [1.165, 1.54) is 17.3 Å². The fourth-order valence-corrected chi connectivity index (χ4v) is 3.39. The Bertz CT molecular complexity index is 888. The summed E-state index contributed by atoms with van der Waals surface area (Å²) in [5, 5.41) is 9.25. The molecule has 0 aliphatic heterocycles. The van der Waals surface area contributed by atoms with Crippen molar-refractivity contribution in [2.45, 2.75) is 25.0 Å². The lowest BCUT2D eigenvalue weighted by molar-refractivity contribution is 0.102. The van der Waals surface area contributed by atoms with Crippen LogP contribution in [0.2, 0.25) is 0 Å². The number of thioether (sulfide) groups is 1. The number of carbonyl (C=O) groups is 1. The van der Waals surface area contributed by atoms with E-state index in [0.717, 1.165) is 23.4 Å². The predicted octanol–water partition coefficient (Wildman–Crippen LogP) is 4.06. The van der Waals surface area contributed by atoms with Gasteiger partial charge in [-0.1, -0.05) is 49.0 Å². The Labute approximate surface area is 157 Å². The van der Waals surface area contributed by atoms with Gasteiger partial charge in [0.05, 0.1) is 5.75 Å². The van der Waals surface area contributed by atoms with E-state index >= 15 is 0 Å². The minimum Gasteiger partial charge on any atom is -0.298 e. The lowest BCUT2D eigenvalue weighted by atomic mass is 10.1. The Hall–Kier alpha value is -2.73. The number of hydrogen-bond acceptors (Lipinski definition) is 5. The van der Waals surface area contributed by atoms with Crippen LogP contribution >= 0.6 is 11.8 Å². The molecule has 2 aromatic heterocycles. The van der Waals surface area contributed by atoms with Crippen molar-refractivity contribution >= 4 is 17.5 Å². The Balaban J connectivity index is 1.76. The molecule has 0 unspecified atom stereocenters. The molecular formula is C20H20N4OS. The molecule has 0 N–H and O–H groups in total. The van der Waals surface area contributed by atoms with E-state index in [0.29, 0.717) is 17.5 Å². The summed E-state index contributed by atoms with van der Waals surface area (Å²) in [6.45, 7) is 6.48. The van der Waals surface area contributed by atoms with Gasteiger partial charge in [0, 0.05) is 30.1 Å². The van der Waals surface area contributed by atoms with Crippen molar-refractivity contribution in [1.82, 2.24) is 19.7 Å². The second kappa shape index (κ2) is 8.58. The highest BCUT2D eigenvalue weighted by Gasteiger charge is 2.15. The van der Waals surface area contributed by atoms with Crippen LogP contribution in [0.4, 0.5) is 0 Å². The van der Waals surface area contributed by atoms with Crippen LogP contribution in [0.1, 0.15) is 22.8 Å². The van der Waals surface area contributed by atoms with Crippen LogP contribution in [0.15, 0.2) is 66.6 Å². The van der Waals surface area contributed by atoms with E-state index in [2.05, 4.69) is 28.7 Å². The molecule has 0 saturated carbocycles. The number of benzene rings is 1. The molecule has 0 amide bonds. The monoisotopic (exact) mass is 364 g/mol. The molecule has 0 aliphatic rings. The van der Waals surface area contributed by atoms with Gasteiger partial charge in [0.1, 0.15) is 0 Å². The van der Waals surface area contributed by atoms with Crippen LogP contribution in [0.5, 0.6) is 0 Å². The zero-order chi connectivity index (χ0) is 18.4. The second-order valence-corrected chi connectivity index (χ2v) is 6.65. The highest BCUT2D eigenvalue weighted by Crippen LogP contribution is 2.24. The van der Waals surface area contributed by atoms with Gasteiger partial charge < -0.3 is 0 Å². The van der Waals surface area contributed by atoms with E-state index in [4.69, 9.17) is 0 Å². The van der Waals surface area contributed by atoms with E-state index in [9.17, 15) is 4.79 Å². The number of aryl methyl sites for hydroxylation is 1. The number of pyridine rings is 1. The van der Waals surface area contributed by atoms with Crippen molar-refractivity contribution in [3.63, 3.8) is 0 Å². The molecule has 3 rings (SSSR count). The van der Waals surface area contributed by atoms with E-state index in [-0.39, 0.29) is 5.78 Å². The molecular weight excluding hydrogens is 344 g/mol. The molecule has 0 bridgehead atoms. The van der Waals surface area contributed by atoms with Gasteiger partial charge in [0.25, 0.3) is 0 Å². The first kappa shape index (κ1) is 18.1. The number of hydrogen-bond donors (Lipinski definition) is 0.